The molecule has 2 aromatic heterocycles. The minimum atomic E-state index is -1.01. The van der Waals surface area contributed by atoms with Gasteiger partial charge in [0, 0.05) is 14.9 Å². The molecule has 0 saturated heterocycles. The highest BCUT2D eigenvalue weighted by atomic mass is 79.9. The van der Waals surface area contributed by atoms with E-state index in [1.165, 1.54) is 11.3 Å². The average Bonchev–Trinajstić information content (AvgIpc) is 2.95. The van der Waals surface area contributed by atoms with Crippen molar-refractivity contribution in [1.82, 2.24) is 4.98 Å². The van der Waals surface area contributed by atoms with Crippen LogP contribution in [-0.4, -0.2) is 16.8 Å². The third-order valence-electron chi connectivity index (χ3n) is 4.45. The molecule has 1 atom stereocenters. The van der Waals surface area contributed by atoms with Gasteiger partial charge in [-0.25, -0.2) is 9.78 Å². The molecule has 7 nitrogen and oxygen atoms in total. The molecule has 0 radical (unpaired) electrons. The number of hydrogen-bond donors (Lipinski definition) is 2. The van der Waals surface area contributed by atoms with Gasteiger partial charge in [-0.05, 0) is 38.3 Å². The fourth-order valence-electron chi connectivity index (χ4n) is 3.13. The first-order valence-corrected chi connectivity index (χ1v) is 9.95. The Morgan fingerprint density at radius 2 is 2.30 bits per heavy atom. The van der Waals surface area contributed by atoms with E-state index in [0.29, 0.717) is 27.0 Å². The summed E-state index contributed by atoms with van der Waals surface area (Å²) < 4.78 is 0.665. The van der Waals surface area contributed by atoms with Crippen molar-refractivity contribution in [2.45, 2.75) is 31.6 Å². The summed E-state index contributed by atoms with van der Waals surface area (Å²) in [6, 6.07) is 5.30. The number of anilines is 1. The predicted molar refractivity (Wildman–Crippen MR) is 107 cm³/mol. The molecule has 0 fully saturated rings. The Bertz CT molecular complexity index is 980. The number of aryl methyl sites for hydroxylation is 1. The average molecular weight is 469 g/mol. The Hall–Kier alpha value is -2.15. The molecular formula is C17H15BrClN5O2S. The van der Waals surface area contributed by atoms with Crippen LogP contribution in [0.3, 0.4) is 0 Å². The van der Waals surface area contributed by atoms with Crippen molar-refractivity contribution in [2.75, 3.05) is 5.73 Å². The van der Waals surface area contributed by atoms with Crippen LogP contribution in [0, 0.1) is 11.3 Å². The highest BCUT2D eigenvalue weighted by molar-refractivity contribution is 9.10. The van der Waals surface area contributed by atoms with E-state index in [-0.39, 0.29) is 16.7 Å². The maximum atomic E-state index is 12.8. The number of nitriles is 1. The van der Waals surface area contributed by atoms with E-state index in [0.717, 1.165) is 17.7 Å². The highest BCUT2D eigenvalue weighted by Crippen LogP contribution is 2.46. The van der Waals surface area contributed by atoms with Crippen molar-refractivity contribution in [2.24, 2.45) is 10.9 Å². The first-order valence-electron chi connectivity index (χ1n) is 7.96. The van der Waals surface area contributed by atoms with E-state index in [4.69, 9.17) is 27.9 Å². The molecule has 0 spiro atoms. The van der Waals surface area contributed by atoms with Gasteiger partial charge in [-0.3, -0.25) is 0 Å². The zero-order valence-corrected chi connectivity index (χ0v) is 17.4. The standard InChI is InChI=1S/C17H15BrClN5O2S/c1-17(4-2-3-11-13(17)9(7-20)15(22)27-11)16(25)26-24-14(21)10-5-8(18)6-12(19)23-10/h5-6H,2-4,22H2,1H3,(H2,21,24). The maximum absolute atomic E-state index is 12.8. The van der Waals surface area contributed by atoms with Crippen LogP contribution in [0.25, 0.3) is 0 Å². The van der Waals surface area contributed by atoms with E-state index < -0.39 is 11.4 Å². The molecule has 2 aromatic rings. The number of hydrogen-bond acceptors (Lipinski definition) is 7. The van der Waals surface area contributed by atoms with Gasteiger partial charge in [0.1, 0.15) is 21.9 Å². The van der Waals surface area contributed by atoms with Crippen LogP contribution in [0.15, 0.2) is 21.8 Å². The Morgan fingerprint density at radius 1 is 1.56 bits per heavy atom. The van der Waals surface area contributed by atoms with E-state index in [1.807, 2.05) is 0 Å². The lowest BCUT2D eigenvalue weighted by Gasteiger charge is -2.30. The lowest BCUT2D eigenvalue weighted by molar-refractivity contribution is -0.150. The Morgan fingerprint density at radius 3 is 2.96 bits per heavy atom. The lowest BCUT2D eigenvalue weighted by Crippen LogP contribution is -2.37. The number of pyridine rings is 1. The van der Waals surface area contributed by atoms with Gasteiger partial charge in [0.2, 0.25) is 0 Å². The number of carbonyl (C=O) groups is 1. The first kappa shape index (κ1) is 19.6. The predicted octanol–water partition coefficient (Wildman–Crippen LogP) is 3.47. The number of nitrogens with two attached hydrogens (primary N) is 2. The summed E-state index contributed by atoms with van der Waals surface area (Å²) >= 11 is 10.5. The second-order valence-electron chi connectivity index (χ2n) is 6.29. The number of fused-ring (bicyclic) bond motifs is 1. The Kier molecular flexibility index (Phi) is 5.42. The third-order valence-corrected chi connectivity index (χ3v) is 6.18. The van der Waals surface area contributed by atoms with Crippen LogP contribution in [0.4, 0.5) is 5.00 Å². The molecule has 0 saturated carbocycles. The zero-order chi connectivity index (χ0) is 19.8. The van der Waals surface area contributed by atoms with E-state index in [9.17, 15) is 10.1 Å². The quantitative estimate of drug-likeness (QED) is 0.233. The number of halogens is 2. The molecule has 27 heavy (non-hydrogen) atoms. The third kappa shape index (κ3) is 3.65. The number of amidine groups is 1. The molecule has 10 heteroatoms. The van der Waals surface area contributed by atoms with Gasteiger partial charge < -0.3 is 16.3 Å². The molecule has 1 unspecified atom stereocenters. The summed E-state index contributed by atoms with van der Waals surface area (Å²) in [6.45, 7) is 1.74. The monoisotopic (exact) mass is 467 g/mol. The molecule has 4 N–H and O–H groups in total. The topological polar surface area (TPSA) is 127 Å². The minimum absolute atomic E-state index is 0.0866. The maximum Gasteiger partial charge on any atom is 0.345 e. The summed E-state index contributed by atoms with van der Waals surface area (Å²) in [5.41, 5.74) is 12.1. The Balaban J connectivity index is 1.90. The largest absolute Gasteiger partial charge is 0.389 e. The van der Waals surface area contributed by atoms with Gasteiger partial charge in [-0.15, -0.1) is 11.3 Å². The molecule has 1 aliphatic rings. The number of nitrogens with zero attached hydrogens (tertiary/aromatic N) is 3. The summed E-state index contributed by atoms with van der Waals surface area (Å²) in [5, 5.41) is 13.8. The number of rotatable bonds is 3. The number of thiophene rings is 1. The van der Waals surface area contributed by atoms with E-state index in [2.05, 4.69) is 32.1 Å². The molecule has 140 valence electrons. The normalized spacial score (nSPS) is 19.3. The second kappa shape index (κ2) is 7.46. The van der Waals surface area contributed by atoms with Crippen LogP contribution in [0.1, 0.15) is 41.5 Å². The van der Waals surface area contributed by atoms with Crippen LogP contribution < -0.4 is 11.5 Å². The van der Waals surface area contributed by atoms with E-state index in [1.54, 1.807) is 19.1 Å². The molecule has 0 amide bonds. The van der Waals surface area contributed by atoms with Gasteiger partial charge in [0.15, 0.2) is 5.84 Å². The summed E-state index contributed by atoms with van der Waals surface area (Å²) in [6.07, 6.45) is 2.09. The molecule has 0 aliphatic heterocycles. The van der Waals surface area contributed by atoms with Gasteiger partial charge >= 0.3 is 5.97 Å². The van der Waals surface area contributed by atoms with Gasteiger partial charge in [0.05, 0.1) is 11.0 Å². The van der Waals surface area contributed by atoms with Crippen LogP contribution in [-0.2, 0) is 21.5 Å². The number of aromatic nitrogens is 1. The smallest absolute Gasteiger partial charge is 0.345 e. The van der Waals surface area contributed by atoms with E-state index >= 15 is 0 Å². The first-order chi connectivity index (χ1) is 12.8. The summed E-state index contributed by atoms with van der Waals surface area (Å²) in [4.78, 5) is 22.9. The summed E-state index contributed by atoms with van der Waals surface area (Å²) in [7, 11) is 0. The van der Waals surface area contributed by atoms with Crippen molar-refractivity contribution >= 4 is 55.7 Å². The van der Waals surface area contributed by atoms with Crippen LogP contribution in [0.2, 0.25) is 5.15 Å². The van der Waals surface area contributed by atoms with Crippen molar-refractivity contribution in [1.29, 1.82) is 5.26 Å². The number of oxime groups is 1. The molecule has 3 rings (SSSR count). The fraction of sp³-hybridized carbons (Fsp3) is 0.294. The van der Waals surface area contributed by atoms with Crippen molar-refractivity contribution in [3.05, 3.63) is 43.5 Å². The van der Waals surface area contributed by atoms with Crippen LogP contribution >= 0.6 is 38.9 Å². The SMILES string of the molecule is CC1(C(=O)O/N=C(\N)c2cc(Br)cc(Cl)n2)CCCc2sc(N)c(C#N)c21. The number of carbonyl (C=O) groups excluding carboxylic acids is 1. The van der Waals surface area contributed by atoms with Gasteiger partial charge in [-0.2, -0.15) is 5.26 Å². The molecular weight excluding hydrogens is 454 g/mol. The van der Waals surface area contributed by atoms with Crippen molar-refractivity contribution in [3.8, 4) is 6.07 Å². The lowest BCUT2D eigenvalue weighted by atomic mass is 9.72. The zero-order valence-electron chi connectivity index (χ0n) is 14.3. The van der Waals surface area contributed by atoms with Gasteiger partial charge in [0.25, 0.3) is 0 Å². The molecule has 2 heterocycles. The van der Waals surface area contributed by atoms with Crippen molar-refractivity contribution in [3.63, 3.8) is 0 Å². The van der Waals surface area contributed by atoms with Crippen molar-refractivity contribution < 1.29 is 9.63 Å². The highest BCUT2D eigenvalue weighted by Gasteiger charge is 2.44. The number of nitrogen functional groups attached to an aromatic ring is 1. The molecule has 1 aliphatic carbocycles. The molecule has 0 bridgehead atoms. The van der Waals surface area contributed by atoms with Crippen LogP contribution in [0.5, 0.6) is 0 Å². The summed E-state index contributed by atoms with van der Waals surface area (Å²) in [5.74, 6) is -0.682. The Labute approximate surface area is 173 Å². The fourth-order valence-corrected chi connectivity index (χ4v) is 5.10. The molecule has 0 aromatic carbocycles. The second-order valence-corrected chi connectivity index (χ2v) is 8.73. The van der Waals surface area contributed by atoms with Gasteiger partial charge in [-0.1, -0.05) is 32.7 Å². The minimum Gasteiger partial charge on any atom is -0.389 e.